The maximum atomic E-state index is 6.12. The largest absolute Gasteiger partial charge is 0.493 e. The molecule has 0 radical (unpaired) electrons. The molecule has 0 atom stereocenters. The van der Waals surface area contributed by atoms with Gasteiger partial charge in [-0.2, -0.15) is 0 Å². The van der Waals surface area contributed by atoms with E-state index in [1.807, 2.05) is 49.7 Å². The van der Waals surface area contributed by atoms with E-state index in [4.69, 9.17) is 32.7 Å². The van der Waals surface area contributed by atoms with Crippen molar-refractivity contribution in [1.82, 2.24) is 15.2 Å². The van der Waals surface area contributed by atoms with E-state index >= 15 is 0 Å². The van der Waals surface area contributed by atoms with Gasteiger partial charge in [0.1, 0.15) is 5.15 Å². The van der Waals surface area contributed by atoms with Crippen molar-refractivity contribution in [3.63, 3.8) is 0 Å². The van der Waals surface area contributed by atoms with Gasteiger partial charge in [0.15, 0.2) is 17.5 Å². The Morgan fingerprint density at radius 1 is 1.15 bits per heavy atom. The first kappa shape index (κ1) is 21.3. The number of hydrogen-bond donors (Lipinski definition) is 2. The summed E-state index contributed by atoms with van der Waals surface area (Å²) in [5.74, 6) is 2.14. The Labute approximate surface area is 170 Å². The Balaban J connectivity index is 2.07. The van der Waals surface area contributed by atoms with Gasteiger partial charge in [-0.15, -0.1) is 0 Å². The molecule has 6 nitrogen and oxygen atoms in total. The molecule has 0 saturated carbocycles. The van der Waals surface area contributed by atoms with Crippen LogP contribution in [0.1, 0.15) is 25.1 Å². The average molecular weight is 413 g/mol. The van der Waals surface area contributed by atoms with Crippen LogP contribution in [0.4, 0.5) is 0 Å². The zero-order valence-electron chi connectivity index (χ0n) is 16.1. The minimum Gasteiger partial charge on any atom is -0.493 e. The number of guanidine groups is 1. The highest BCUT2D eigenvalue weighted by atomic mass is 35.5. The molecule has 1 aromatic heterocycles. The number of benzene rings is 1. The number of aromatic nitrogens is 1. The molecule has 2 N–H and O–H groups in total. The molecule has 1 aromatic carbocycles. The molecule has 27 heavy (non-hydrogen) atoms. The molecule has 0 aliphatic rings. The van der Waals surface area contributed by atoms with E-state index in [1.165, 1.54) is 0 Å². The second kappa shape index (κ2) is 10.3. The van der Waals surface area contributed by atoms with Crippen molar-refractivity contribution in [2.24, 2.45) is 12.0 Å². The summed E-state index contributed by atoms with van der Waals surface area (Å²) in [5, 5.41) is 7.59. The topological polar surface area (TPSA) is 59.8 Å². The molecular formula is C19H26Cl2N4O2. The first-order valence-electron chi connectivity index (χ1n) is 8.81. The highest BCUT2D eigenvalue weighted by Gasteiger charge is 2.10. The van der Waals surface area contributed by atoms with Crippen molar-refractivity contribution in [2.45, 2.75) is 26.9 Å². The maximum Gasteiger partial charge on any atom is 0.191 e. The number of ether oxygens (including phenoxy) is 2. The first-order valence-corrected chi connectivity index (χ1v) is 9.57. The number of nitrogens with one attached hydrogen (secondary N) is 2. The SMILES string of the molecule is CCNC(=NCc1ccc(OCC)c(OC)c1)NCc1cc(Cl)c(Cl)n1C. The van der Waals surface area contributed by atoms with Crippen LogP contribution >= 0.6 is 23.2 Å². The first-order chi connectivity index (χ1) is 13.0. The maximum absolute atomic E-state index is 6.12. The van der Waals surface area contributed by atoms with Crippen LogP contribution in [0, 0.1) is 0 Å². The monoisotopic (exact) mass is 412 g/mol. The third-order valence-corrected chi connectivity index (χ3v) is 4.79. The standard InChI is InChI=1S/C19H26Cl2N4O2/c1-5-22-19(24-12-14-10-15(20)18(21)25(14)3)23-11-13-7-8-16(27-6-2)17(9-13)26-4/h7-10H,5-6,11-12H2,1-4H3,(H2,22,23,24). The molecule has 0 amide bonds. The molecule has 0 fully saturated rings. The Morgan fingerprint density at radius 2 is 1.93 bits per heavy atom. The van der Waals surface area contributed by atoms with E-state index in [1.54, 1.807) is 7.11 Å². The lowest BCUT2D eigenvalue weighted by molar-refractivity contribution is 0.310. The number of halogens is 2. The van der Waals surface area contributed by atoms with Gasteiger partial charge in [-0.1, -0.05) is 29.3 Å². The summed E-state index contributed by atoms with van der Waals surface area (Å²) in [6, 6.07) is 7.67. The molecule has 0 aliphatic heterocycles. The molecular weight excluding hydrogens is 387 g/mol. The molecule has 2 aromatic rings. The molecule has 0 aliphatic carbocycles. The smallest absolute Gasteiger partial charge is 0.191 e. The highest BCUT2D eigenvalue weighted by molar-refractivity contribution is 6.41. The Bertz CT molecular complexity index is 790. The fraction of sp³-hybridized carbons (Fsp3) is 0.421. The number of hydrogen-bond acceptors (Lipinski definition) is 3. The van der Waals surface area contributed by atoms with Gasteiger partial charge >= 0.3 is 0 Å². The van der Waals surface area contributed by atoms with Crippen LogP contribution in [0.2, 0.25) is 10.2 Å². The average Bonchev–Trinajstić information content (AvgIpc) is 2.91. The summed E-state index contributed by atoms with van der Waals surface area (Å²) in [6.45, 7) is 6.38. The third-order valence-electron chi connectivity index (χ3n) is 3.94. The van der Waals surface area contributed by atoms with Crippen molar-refractivity contribution in [3.05, 3.63) is 45.7 Å². The van der Waals surface area contributed by atoms with Crippen LogP contribution in [0.25, 0.3) is 0 Å². The summed E-state index contributed by atoms with van der Waals surface area (Å²) in [6.07, 6.45) is 0. The van der Waals surface area contributed by atoms with Crippen LogP contribution in [0.5, 0.6) is 11.5 Å². The van der Waals surface area contributed by atoms with Crippen LogP contribution in [-0.2, 0) is 20.1 Å². The molecule has 148 valence electrons. The summed E-state index contributed by atoms with van der Waals surface area (Å²) >= 11 is 12.2. The molecule has 0 unspecified atom stereocenters. The van der Waals surface area contributed by atoms with E-state index in [2.05, 4.69) is 15.6 Å². The Hall–Kier alpha value is -2.05. The van der Waals surface area contributed by atoms with E-state index in [0.717, 1.165) is 23.6 Å². The van der Waals surface area contributed by atoms with Gasteiger partial charge in [-0.3, -0.25) is 0 Å². The zero-order chi connectivity index (χ0) is 19.8. The predicted molar refractivity (Wildman–Crippen MR) is 111 cm³/mol. The van der Waals surface area contributed by atoms with E-state index in [-0.39, 0.29) is 0 Å². The van der Waals surface area contributed by atoms with Crippen molar-refractivity contribution in [2.75, 3.05) is 20.3 Å². The van der Waals surface area contributed by atoms with E-state index in [0.29, 0.717) is 41.6 Å². The zero-order valence-corrected chi connectivity index (χ0v) is 17.6. The van der Waals surface area contributed by atoms with Crippen molar-refractivity contribution in [1.29, 1.82) is 0 Å². The van der Waals surface area contributed by atoms with Crippen LogP contribution < -0.4 is 20.1 Å². The number of methoxy groups -OCH3 is 1. The number of rotatable bonds is 8. The fourth-order valence-corrected chi connectivity index (χ4v) is 2.95. The molecule has 0 spiro atoms. The summed E-state index contributed by atoms with van der Waals surface area (Å²) in [7, 11) is 3.51. The van der Waals surface area contributed by atoms with Gasteiger partial charge in [0, 0.05) is 19.3 Å². The van der Waals surface area contributed by atoms with Crippen molar-refractivity contribution < 1.29 is 9.47 Å². The van der Waals surface area contributed by atoms with Crippen molar-refractivity contribution >= 4 is 29.2 Å². The van der Waals surface area contributed by atoms with Gasteiger partial charge in [-0.05, 0) is 37.6 Å². The summed E-state index contributed by atoms with van der Waals surface area (Å²) in [4.78, 5) is 4.63. The third kappa shape index (κ3) is 5.71. The molecule has 0 bridgehead atoms. The Kier molecular flexibility index (Phi) is 8.13. The summed E-state index contributed by atoms with van der Waals surface area (Å²) in [5.41, 5.74) is 2.00. The van der Waals surface area contributed by atoms with Gasteiger partial charge in [0.05, 0.1) is 31.8 Å². The number of aliphatic imine (C=N–C) groups is 1. The quantitative estimate of drug-likeness (QED) is 0.508. The molecule has 2 rings (SSSR count). The molecule has 0 saturated heterocycles. The fourth-order valence-electron chi connectivity index (χ4n) is 2.53. The lowest BCUT2D eigenvalue weighted by Gasteiger charge is -2.13. The minimum atomic E-state index is 0.507. The van der Waals surface area contributed by atoms with Crippen molar-refractivity contribution in [3.8, 4) is 11.5 Å². The van der Waals surface area contributed by atoms with E-state index in [9.17, 15) is 0 Å². The minimum absolute atomic E-state index is 0.507. The normalized spacial score (nSPS) is 11.4. The number of nitrogens with zero attached hydrogens (tertiary/aromatic N) is 2. The predicted octanol–water partition coefficient (Wildman–Crippen LogP) is 3.99. The van der Waals surface area contributed by atoms with Gasteiger partial charge in [0.2, 0.25) is 0 Å². The van der Waals surface area contributed by atoms with Crippen LogP contribution in [-0.4, -0.2) is 30.8 Å². The van der Waals surface area contributed by atoms with E-state index < -0.39 is 0 Å². The van der Waals surface area contributed by atoms with Gasteiger partial charge in [-0.25, -0.2) is 4.99 Å². The Morgan fingerprint density at radius 3 is 2.52 bits per heavy atom. The molecule has 8 heteroatoms. The second-order valence-electron chi connectivity index (χ2n) is 5.80. The highest BCUT2D eigenvalue weighted by Crippen LogP contribution is 2.28. The van der Waals surface area contributed by atoms with Crippen LogP contribution in [0.3, 0.4) is 0 Å². The second-order valence-corrected chi connectivity index (χ2v) is 6.57. The van der Waals surface area contributed by atoms with Gasteiger partial charge < -0.3 is 24.7 Å². The summed E-state index contributed by atoms with van der Waals surface area (Å²) < 4.78 is 12.8. The lowest BCUT2D eigenvalue weighted by Crippen LogP contribution is -2.37. The molecule has 1 heterocycles. The van der Waals surface area contributed by atoms with Crippen LogP contribution in [0.15, 0.2) is 29.3 Å². The van der Waals surface area contributed by atoms with Gasteiger partial charge in [0.25, 0.3) is 0 Å². The lowest BCUT2D eigenvalue weighted by atomic mass is 10.2.